The lowest BCUT2D eigenvalue weighted by Crippen LogP contribution is -2.57. The molecule has 2 rings (SSSR count). The minimum atomic E-state index is -1.12. The first-order valence-corrected chi connectivity index (χ1v) is 7.65. The van der Waals surface area contributed by atoms with Crippen molar-refractivity contribution >= 4 is 17.9 Å². The van der Waals surface area contributed by atoms with Gasteiger partial charge in [0, 0.05) is 12.6 Å². The van der Waals surface area contributed by atoms with Crippen LogP contribution in [0.5, 0.6) is 0 Å². The van der Waals surface area contributed by atoms with Gasteiger partial charge in [-0.2, -0.15) is 0 Å². The molecule has 0 fully saturated rings. The molecule has 1 aliphatic rings. The lowest BCUT2D eigenvalue weighted by Gasteiger charge is -2.40. The molecule has 7 heteroatoms. The fraction of sp³-hybridized carbons (Fsp3) is 0.471. The minimum Gasteiger partial charge on any atom is -0.465 e. The summed E-state index contributed by atoms with van der Waals surface area (Å²) in [4.78, 5) is 39.0. The van der Waals surface area contributed by atoms with Crippen LogP contribution in [0.15, 0.2) is 24.3 Å². The Morgan fingerprint density at radius 1 is 1.21 bits per heavy atom. The summed E-state index contributed by atoms with van der Waals surface area (Å²) in [6, 6.07) is 5.92. The van der Waals surface area contributed by atoms with Gasteiger partial charge in [-0.15, -0.1) is 0 Å². The van der Waals surface area contributed by atoms with Gasteiger partial charge in [-0.3, -0.25) is 19.4 Å². The molecule has 0 saturated heterocycles. The van der Waals surface area contributed by atoms with Crippen LogP contribution in [0.3, 0.4) is 0 Å². The maximum Gasteiger partial charge on any atom is 0.408 e. The summed E-state index contributed by atoms with van der Waals surface area (Å²) < 4.78 is 5.13. The molecule has 1 aliphatic heterocycles. The van der Waals surface area contributed by atoms with Crippen molar-refractivity contribution in [3.8, 4) is 0 Å². The van der Waals surface area contributed by atoms with Crippen molar-refractivity contribution in [1.29, 1.82) is 0 Å². The number of methoxy groups -OCH3 is 1. The molecule has 3 amide bonds. The molecule has 1 N–H and O–H groups in total. The van der Waals surface area contributed by atoms with Gasteiger partial charge >= 0.3 is 6.09 Å². The summed E-state index contributed by atoms with van der Waals surface area (Å²) in [5, 5.41) is 9.57. The largest absolute Gasteiger partial charge is 0.465 e. The van der Waals surface area contributed by atoms with Gasteiger partial charge in [0.15, 0.2) is 0 Å². The molecule has 0 spiro atoms. The van der Waals surface area contributed by atoms with Crippen molar-refractivity contribution in [2.75, 3.05) is 20.3 Å². The van der Waals surface area contributed by atoms with Gasteiger partial charge in [0.25, 0.3) is 11.8 Å². The molecule has 0 aliphatic carbocycles. The van der Waals surface area contributed by atoms with Crippen LogP contribution >= 0.6 is 0 Å². The number of fused-ring (bicyclic) bond motifs is 1. The predicted octanol–water partition coefficient (Wildman–Crippen LogP) is 2.08. The third-order valence-corrected chi connectivity index (χ3v) is 3.92. The minimum absolute atomic E-state index is 0.0518. The lowest BCUT2D eigenvalue weighted by molar-refractivity contribution is 0.0190. The number of rotatable bonds is 5. The second-order valence-corrected chi connectivity index (χ2v) is 6.70. The van der Waals surface area contributed by atoms with Crippen LogP contribution in [0.2, 0.25) is 0 Å². The Hall–Kier alpha value is -2.41. The number of carbonyl (C=O) groups is 3. The maximum atomic E-state index is 12.5. The SMILES string of the molecule is COC[C@@H](CN1C(=O)c2ccccc2C1=O)N(C(=O)O)C(C)(C)C. The van der Waals surface area contributed by atoms with Crippen molar-refractivity contribution in [2.24, 2.45) is 0 Å². The normalized spacial score (nSPS) is 15.4. The van der Waals surface area contributed by atoms with E-state index in [-0.39, 0.29) is 13.2 Å². The second kappa shape index (κ2) is 6.60. The van der Waals surface area contributed by atoms with Gasteiger partial charge in [0.2, 0.25) is 0 Å². The molecule has 24 heavy (non-hydrogen) atoms. The molecular weight excluding hydrogens is 312 g/mol. The van der Waals surface area contributed by atoms with Crippen LogP contribution in [0.25, 0.3) is 0 Å². The molecule has 7 nitrogen and oxygen atoms in total. The number of imide groups is 1. The molecule has 1 heterocycles. The molecule has 1 aromatic carbocycles. The Kier molecular flexibility index (Phi) is 4.94. The Balaban J connectivity index is 2.31. The number of carbonyl (C=O) groups excluding carboxylic acids is 2. The summed E-state index contributed by atoms with van der Waals surface area (Å²) in [5.74, 6) is -0.813. The third kappa shape index (κ3) is 3.26. The molecule has 0 radical (unpaired) electrons. The molecule has 1 atom stereocenters. The highest BCUT2D eigenvalue weighted by Gasteiger charge is 2.40. The lowest BCUT2D eigenvalue weighted by atomic mass is 10.0. The van der Waals surface area contributed by atoms with Crippen molar-refractivity contribution in [3.05, 3.63) is 35.4 Å². The molecule has 0 saturated carbocycles. The third-order valence-electron chi connectivity index (χ3n) is 3.92. The molecule has 0 aromatic heterocycles. The van der Waals surface area contributed by atoms with Gasteiger partial charge in [-0.1, -0.05) is 12.1 Å². The van der Waals surface area contributed by atoms with E-state index in [4.69, 9.17) is 4.74 Å². The zero-order valence-electron chi connectivity index (χ0n) is 14.3. The first kappa shape index (κ1) is 17.9. The smallest absolute Gasteiger partial charge is 0.408 e. The number of carboxylic acid groups (broad SMARTS) is 1. The Morgan fingerprint density at radius 3 is 2.08 bits per heavy atom. The first-order chi connectivity index (χ1) is 11.2. The Labute approximate surface area is 140 Å². The molecule has 0 bridgehead atoms. The van der Waals surface area contributed by atoms with E-state index >= 15 is 0 Å². The van der Waals surface area contributed by atoms with Crippen molar-refractivity contribution < 1.29 is 24.2 Å². The van der Waals surface area contributed by atoms with Crippen molar-refractivity contribution in [1.82, 2.24) is 9.80 Å². The fourth-order valence-electron chi connectivity index (χ4n) is 3.01. The number of benzene rings is 1. The van der Waals surface area contributed by atoms with E-state index in [0.717, 1.165) is 4.90 Å². The number of nitrogens with zero attached hydrogens (tertiary/aromatic N) is 2. The maximum absolute atomic E-state index is 12.5. The monoisotopic (exact) mass is 334 g/mol. The van der Waals surface area contributed by atoms with E-state index in [0.29, 0.717) is 11.1 Å². The molecular formula is C17H22N2O5. The fourth-order valence-corrected chi connectivity index (χ4v) is 3.01. The van der Waals surface area contributed by atoms with Crippen LogP contribution in [0.4, 0.5) is 4.79 Å². The summed E-state index contributed by atoms with van der Waals surface area (Å²) in [6.07, 6.45) is -1.12. The Morgan fingerprint density at radius 2 is 1.71 bits per heavy atom. The summed E-state index contributed by atoms with van der Waals surface area (Å²) in [6.45, 7) is 5.30. The van der Waals surface area contributed by atoms with E-state index < -0.39 is 29.5 Å². The highest BCUT2D eigenvalue weighted by atomic mass is 16.5. The van der Waals surface area contributed by atoms with Gasteiger partial charge < -0.3 is 9.84 Å². The zero-order valence-corrected chi connectivity index (χ0v) is 14.3. The number of hydrogen-bond acceptors (Lipinski definition) is 4. The van der Waals surface area contributed by atoms with Crippen LogP contribution in [-0.4, -0.2) is 64.7 Å². The predicted molar refractivity (Wildman–Crippen MR) is 87.1 cm³/mol. The van der Waals surface area contributed by atoms with Gasteiger partial charge in [-0.05, 0) is 32.9 Å². The molecule has 0 unspecified atom stereocenters. The average molecular weight is 334 g/mol. The van der Waals surface area contributed by atoms with Crippen LogP contribution in [-0.2, 0) is 4.74 Å². The van der Waals surface area contributed by atoms with E-state index in [1.807, 2.05) is 0 Å². The van der Waals surface area contributed by atoms with Gasteiger partial charge in [-0.25, -0.2) is 4.79 Å². The van der Waals surface area contributed by atoms with Gasteiger partial charge in [0.1, 0.15) is 0 Å². The van der Waals surface area contributed by atoms with Crippen LogP contribution in [0.1, 0.15) is 41.5 Å². The highest BCUT2D eigenvalue weighted by Crippen LogP contribution is 2.25. The molecule has 1 aromatic rings. The number of hydrogen-bond donors (Lipinski definition) is 1. The van der Waals surface area contributed by atoms with E-state index in [1.54, 1.807) is 45.0 Å². The van der Waals surface area contributed by atoms with E-state index in [1.165, 1.54) is 12.0 Å². The van der Waals surface area contributed by atoms with Crippen LogP contribution in [0, 0.1) is 0 Å². The molecule has 130 valence electrons. The summed E-state index contributed by atoms with van der Waals surface area (Å²) >= 11 is 0. The van der Waals surface area contributed by atoms with Crippen molar-refractivity contribution in [3.63, 3.8) is 0 Å². The standard InChI is InChI=1S/C17H22N2O5/c1-17(2,3)19(16(22)23)11(10-24-4)9-18-14(20)12-7-5-6-8-13(12)15(18)21/h5-8,11H,9-10H2,1-4H3,(H,22,23)/t11-/m1/s1. The topological polar surface area (TPSA) is 87.2 Å². The first-order valence-electron chi connectivity index (χ1n) is 7.65. The van der Waals surface area contributed by atoms with E-state index in [9.17, 15) is 19.5 Å². The van der Waals surface area contributed by atoms with Gasteiger partial charge in [0.05, 0.1) is 30.3 Å². The number of ether oxygens (including phenoxy) is 1. The summed E-state index contributed by atoms with van der Waals surface area (Å²) in [7, 11) is 1.46. The second-order valence-electron chi connectivity index (χ2n) is 6.70. The highest BCUT2D eigenvalue weighted by molar-refractivity contribution is 6.21. The van der Waals surface area contributed by atoms with Crippen LogP contribution < -0.4 is 0 Å². The quantitative estimate of drug-likeness (QED) is 0.833. The average Bonchev–Trinajstić information content (AvgIpc) is 2.71. The van der Waals surface area contributed by atoms with Crippen molar-refractivity contribution in [2.45, 2.75) is 32.4 Å². The number of amides is 3. The summed E-state index contributed by atoms with van der Waals surface area (Å²) in [5.41, 5.74) is -0.0131. The van der Waals surface area contributed by atoms with E-state index in [2.05, 4.69) is 0 Å². The zero-order chi connectivity index (χ0) is 18.1. The Bertz CT molecular complexity index is 630.